The van der Waals surface area contributed by atoms with E-state index in [0.29, 0.717) is 11.3 Å². The van der Waals surface area contributed by atoms with Gasteiger partial charge in [-0.15, -0.1) is 12.4 Å². The highest BCUT2D eigenvalue weighted by molar-refractivity contribution is 5.98. The first kappa shape index (κ1) is 14.8. The first-order valence-corrected chi connectivity index (χ1v) is 5.38. The third-order valence-electron chi connectivity index (χ3n) is 2.27. The summed E-state index contributed by atoms with van der Waals surface area (Å²) in [7, 11) is 0. The zero-order valence-electron chi connectivity index (χ0n) is 9.53. The molecule has 16 heavy (non-hydrogen) atoms. The molecule has 3 N–H and O–H groups in total. The number of nitrogens with two attached hydrogens (primary N) is 1. The summed E-state index contributed by atoms with van der Waals surface area (Å²) in [5, 5.41) is 2.86. The molecule has 0 aromatic heterocycles. The van der Waals surface area contributed by atoms with Crippen molar-refractivity contribution in [2.24, 2.45) is 0 Å². The largest absolute Gasteiger partial charge is 0.398 e. The van der Waals surface area contributed by atoms with Crippen molar-refractivity contribution in [1.29, 1.82) is 0 Å². The first-order chi connectivity index (χ1) is 7.25. The SMILES string of the molecule is CCCCCNC(=O)c1ccccc1N.Cl. The lowest BCUT2D eigenvalue weighted by Gasteiger charge is -2.06. The number of hydrogen-bond acceptors (Lipinski definition) is 2. The summed E-state index contributed by atoms with van der Waals surface area (Å²) in [6, 6.07) is 7.12. The van der Waals surface area contributed by atoms with E-state index in [2.05, 4.69) is 12.2 Å². The van der Waals surface area contributed by atoms with Crippen molar-refractivity contribution in [3.05, 3.63) is 29.8 Å². The van der Waals surface area contributed by atoms with Gasteiger partial charge in [-0.1, -0.05) is 31.9 Å². The van der Waals surface area contributed by atoms with Gasteiger partial charge in [-0.3, -0.25) is 4.79 Å². The molecule has 0 unspecified atom stereocenters. The number of anilines is 1. The van der Waals surface area contributed by atoms with E-state index < -0.39 is 0 Å². The highest BCUT2D eigenvalue weighted by Crippen LogP contribution is 2.09. The smallest absolute Gasteiger partial charge is 0.253 e. The van der Waals surface area contributed by atoms with Gasteiger partial charge < -0.3 is 11.1 Å². The Labute approximate surface area is 103 Å². The molecule has 0 fully saturated rings. The van der Waals surface area contributed by atoms with E-state index in [9.17, 15) is 4.79 Å². The second kappa shape index (κ2) is 7.99. The van der Waals surface area contributed by atoms with Gasteiger partial charge in [0.05, 0.1) is 5.56 Å². The van der Waals surface area contributed by atoms with Crippen LogP contribution in [0.3, 0.4) is 0 Å². The van der Waals surface area contributed by atoms with E-state index in [1.165, 1.54) is 0 Å². The van der Waals surface area contributed by atoms with Crippen molar-refractivity contribution in [2.75, 3.05) is 12.3 Å². The van der Waals surface area contributed by atoms with E-state index in [4.69, 9.17) is 5.73 Å². The molecule has 0 saturated carbocycles. The van der Waals surface area contributed by atoms with Crippen LogP contribution in [0.1, 0.15) is 36.5 Å². The standard InChI is InChI=1S/C12H18N2O.ClH/c1-2-3-6-9-14-12(15)10-7-4-5-8-11(10)13;/h4-5,7-8H,2-3,6,9,13H2,1H3,(H,14,15);1H. The van der Waals surface area contributed by atoms with Crippen LogP contribution in [0.2, 0.25) is 0 Å². The quantitative estimate of drug-likeness (QED) is 0.616. The second-order valence-electron chi connectivity index (χ2n) is 3.55. The third kappa shape index (κ3) is 4.53. The molecular weight excluding hydrogens is 224 g/mol. The molecule has 1 amide bonds. The predicted molar refractivity (Wildman–Crippen MR) is 70.0 cm³/mol. The van der Waals surface area contributed by atoms with E-state index in [1.54, 1.807) is 12.1 Å². The van der Waals surface area contributed by atoms with Gasteiger partial charge in [0, 0.05) is 12.2 Å². The van der Waals surface area contributed by atoms with Gasteiger partial charge in [-0.2, -0.15) is 0 Å². The number of halogens is 1. The van der Waals surface area contributed by atoms with Crippen LogP contribution in [-0.4, -0.2) is 12.5 Å². The van der Waals surface area contributed by atoms with Crippen LogP contribution in [0, 0.1) is 0 Å². The summed E-state index contributed by atoms with van der Waals surface area (Å²) in [4.78, 5) is 11.6. The summed E-state index contributed by atoms with van der Waals surface area (Å²) in [5.41, 5.74) is 6.79. The van der Waals surface area contributed by atoms with E-state index in [-0.39, 0.29) is 18.3 Å². The van der Waals surface area contributed by atoms with Crippen molar-refractivity contribution in [1.82, 2.24) is 5.32 Å². The lowest BCUT2D eigenvalue weighted by molar-refractivity contribution is 0.0954. The van der Waals surface area contributed by atoms with Crippen LogP contribution in [-0.2, 0) is 0 Å². The van der Waals surface area contributed by atoms with E-state index >= 15 is 0 Å². The van der Waals surface area contributed by atoms with Crippen LogP contribution in [0.15, 0.2) is 24.3 Å². The minimum atomic E-state index is -0.0794. The Balaban J connectivity index is 0.00000225. The van der Waals surface area contributed by atoms with Gasteiger partial charge in [0.2, 0.25) is 0 Å². The second-order valence-corrected chi connectivity index (χ2v) is 3.55. The fourth-order valence-electron chi connectivity index (χ4n) is 1.38. The molecule has 0 aliphatic carbocycles. The average molecular weight is 243 g/mol. The number of nitrogens with one attached hydrogen (secondary N) is 1. The van der Waals surface area contributed by atoms with Gasteiger partial charge in [-0.05, 0) is 18.6 Å². The number of nitrogen functional groups attached to an aromatic ring is 1. The van der Waals surface area contributed by atoms with Crippen molar-refractivity contribution >= 4 is 24.0 Å². The zero-order valence-corrected chi connectivity index (χ0v) is 10.3. The molecule has 0 aliphatic rings. The Morgan fingerprint density at radius 3 is 2.62 bits per heavy atom. The number of amides is 1. The van der Waals surface area contributed by atoms with Crippen molar-refractivity contribution in [3.8, 4) is 0 Å². The Morgan fingerprint density at radius 1 is 1.31 bits per heavy atom. The number of rotatable bonds is 5. The molecule has 0 heterocycles. The fourth-order valence-corrected chi connectivity index (χ4v) is 1.38. The summed E-state index contributed by atoms with van der Waals surface area (Å²) < 4.78 is 0. The molecule has 0 radical (unpaired) electrons. The number of hydrogen-bond donors (Lipinski definition) is 2. The van der Waals surface area contributed by atoms with Crippen molar-refractivity contribution in [3.63, 3.8) is 0 Å². The molecule has 0 spiro atoms. The Kier molecular flexibility index (Phi) is 7.38. The fraction of sp³-hybridized carbons (Fsp3) is 0.417. The maximum atomic E-state index is 11.6. The minimum absolute atomic E-state index is 0. The lowest BCUT2D eigenvalue weighted by atomic mass is 10.1. The number of carbonyl (C=O) groups is 1. The van der Waals surface area contributed by atoms with Crippen molar-refractivity contribution < 1.29 is 4.79 Å². The summed E-state index contributed by atoms with van der Waals surface area (Å²) in [5.74, 6) is -0.0794. The topological polar surface area (TPSA) is 55.1 Å². The van der Waals surface area contributed by atoms with Gasteiger partial charge in [-0.25, -0.2) is 0 Å². The molecule has 0 aliphatic heterocycles. The van der Waals surface area contributed by atoms with Crippen LogP contribution >= 0.6 is 12.4 Å². The third-order valence-corrected chi connectivity index (χ3v) is 2.27. The van der Waals surface area contributed by atoms with Gasteiger partial charge in [0.25, 0.3) is 5.91 Å². The van der Waals surface area contributed by atoms with Crippen molar-refractivity contribution in [2.45, 2.75) is 26.2 Å². The predicted octanol–water partition coefficient (Wildman–Crippen LogP) is 2.61. The minimum Gasteiger partial charge on any atom is -0.398 e. The van der Waals surface area contributed by atoms with Gasteiger partial charge in [0.15, 0.2) is 0 Å². The monoisotopic (exact) mass is 242 g/mol. The highest BCUT2D eigenvalue weighted by atomic mass is 35.5. The van der Waals surface area contributed by atoms with Crippen LogP contribution in [0.25, 0.3) is 0 Å². The van der Waals surface area contributed by atoms with E-state index in [1.807, 2.05) is 12.1 Å². The van der Waals surface area contributed by atoms with Crippen LogP contribution in [0.4, 0.5) is 5.69 Å². The average Bonchev–Trinajstić information content (AvgIpc) is 2.25. The Bertz CT molecular complexity index is 329. The molecule has 90 valence electrons. The molecule has 4 heteroatoms. The highest BCUT2D eigenvalue weighted by Gasteiger charge is 2.06. The van der Waals surface area contributed by atoms with E-state index in [0.717, 1.165) is 25.8 Å². The molecule has 1 aromatic carbocycles. The number of para-hydroxylation sites is 1. The van der Waals surface area contributed by atoms with Gasteiger partial charge >= 0.3 is 0 Å². The maximum Gasteiger partial charge on any atom is 0.253 e. The summed E-state index contributed by atoms with van der Waals surface area (Å²) in [6.07, 6.45) is 3.32. The molecule has 3 nitrogen and oxygen atoms in total. The summed E-state index contributed by atoms with van der Waals surface area (Å²) >= 11 is 0. The van der Waals surface area contributed by atoms with Gasteiger partial charge in [0.1, 0.15) is 0 Å². The molecule has 0 saturated heterocycles. The molecule has 1 rings (SSSR count). The number of benzene rings is 1. The zero-order chi connectivity index (χ0) is 11.1. The first-order valence-electron chi connectivity index (χ1n) is 5.38. The van der Waals surface area contributed by atoms with Crippen LogP contribution in [0.5, 0.6) is 0 Å². The molecular formula is C12H19ClN2O. The molecule has 0 bridgehead atoms. The number of unbranched alkanes of at least 4 members (excludes halogenated alkanes) is 2. The van der Waals surface area contributed by atoms with Crippen LogP contribution < -0.4 is 11.1 Å². The lowest BCUT2D eigenvalue weighted by Crippen LogP contribution is -2.25. The summed E-state index contributed by atoms with van der Waals surface area (Å²) in [6.45, 7) is 2.86. The Hall–Kier alpha value is -1.22. The normalized spacial score (nSPS) is 9.31. The maximum absolute atomic E-state index is 11.6. The molecule has 0 atom stereocenters. The molecule has 1 aromatic rings. The Morgan fingerprint density at radius 2 is 2.00 bits per heavy atom. The number of carbonyl (C=O) groups excluding carboxylic acids is 1.